The van der Waals surface area contributed by atoms with Crippen LogP contribution in [0, 0.1) is 26.7 Å². The van der Waals surface area contributed by atoms with E-state index in [9.17, 15) is 9.59 Å². The van der Waals surface area contributed by atoms with Gasteiger partial charge in [0.1, 0.15) is 16.9 Å². The Bertz CT molecular complexity index is 1440. The fourth-order valence-electron chi connectivity index (χ4n) is 5.65. The van der Waals surface area contributed by atoms with E-state index in [0.29, 0.717) is 17.4 Å². The number of carbonyl (C=O) groups excluding carboxylic acids is 2. The molecular formula is C31H40ClN7O2S. The highest BCUT2D eigenvalue weighted by atomic mass is 35.5. The number of nitrogens with zero attached hydrogens (tertiary/aromatic N) is 4. The summed E-state index contributed by atoms with van der Waals surface area (Å²) in [6, 6.07) is 7.22. The number of fused-ring (bicyclic) bond motifs is 3. The largest absolute Gasteiger partial charge is 0.356 e. The van der Waals surface area contributed by atoms with E-state index in [1.54, 1.807) is 11.3 Å². The number of nitrogens with one attached hydrogen (secondary N) is 3. The van der Waals surface area contributed by atoms with Crippen LogP contribution < -0.4 is 16.0 Å². The number of carbonyl (C=O) groups is 2. The number of halogens is 1. The minimum absolute atomic E-state index is 0.0567. The quantitative estimate of drug-likeness (QED) is 0.265. The van der Waals surface area contributed by atoms with Gasteiger partial charge in [-0.1, -0.05) is 36.6 Å². The second-order valence-electron chi connectivity index (χ2n) is 11.2. The monoisotopic (exact) mass is 609 g/mol. The van der Waals surface area contributed by atoms with E-state index in [2.05, 4.69) is 44.6 Å². The molecule has 0 radical (unpaired) electrons. The first-order valence-corrected chi connectivity index (χ1v) is 16.1. The molecule has 1 atom stereocenters. The van der Waals surface area contributed by atoms with Crippen LogP contribution in [-0.2, 0) is 9.59 Å². The number of hydrogen-bond acceptors (Lipinski definition) is 7. The second kappa shape index (κ2) is 13.9. The molecule has 3 aromatic rings. The molecule has 2 aliphatic heterocycles. The van der Waals surface area contributed by atoms with Crippen LogP contribution in [0.4, 0.5) is 0 Å². The number of thiophene rings is 1. The highest BCUT2D eigenvalue weighted by Gasteiger charge is 2.32. The Hall–Kier alpha value is -3.08. The summed E-state index contributed by atoms with van der Waals surface area (Å²) in [4.78, 5) is 31.8. The highest BCUT2D eigenvalue weighted by Crippen LogP contribution is 2.39. The lowest BCUT2D eigenvalue weighted by Gasteiger charge is -2.21. The zero-order valence-corrected chi connectivity index (χ0v) is 26.2. The second-order valence-corrected chi connectivity index (χ2v) is 12.8. The van der Waals surface area contributed by atoms with Crippen molar-refractivity contribution in [3.63, 3.8) is 0 Å². The molecule has 4 heterocycles. The fraction of sp³-hybridized carbons (Fsp3) is 0.516. The lowest BCUT2D eigenvalue weighted by Crippen LogP contribution is -2.38. The van der Waals surface area contributed by atoms with Gasteiger partial charge in [0.25, 0.3) is 0 Å². The number of hydrogen-bond donors (Lipinski definition) is 3. The zero-order valence-electron chi connectivity index (χ0n) is 24.6. The molecule has 42 heavy (non-hydrogen) atoms. The van der Waals surface area contributed by atoms with Crippen LogP contribution in [0.3, 0.4) is 0 Å². The Labute approximate surface area is 256 Å². The molecule has 3 N–H and O–H groups in total. The van der Waals surface area contributed by atoms with Crippen molar-refractivity contribution in [1.29, 1.82) is 0 Å². The molecule has 1 fully saturated rings. The maximum atomic E-state index is 13.1. The van der Waals surface area contributed by atoms with Crippen molar-refractivity contribution in [2.45, 2.75) is 71.8 Å². The molecule has 2 amide bonds. The Morgan fingerprint density at radius 1 is 1.00 bits per heavy atom. The van der Waals surface area contributed by atoms with E-state index in [0.717, 1.165) is 85.8 Å². The van der Waals surface area contributed by atoms with Gasteiger partial charge >= 0.3 is 0 Å². The standard InChI is InChI=1S/C31H40ClN7O2S/c1-19-20(2)42-31-27(19)28(22-8-10-24(32)11-9-22)36-25(29-38-37-21(3)39(29)31)18-26(40)34-14-6-4-5-7-15-35-30(41)23-12-16-33-17-13-23/h8-11,23,25,33H,4-7,12-18H2,1-3H3,(H,34,40)(H,35,41). The summed E-state index contributed by atoms with van der Waals surface area (Å²) in [7, 11) is 0. The number of aliphatic imine (C=N–C) groups is 1. The number of unbranched alkanes of at least 4 members (excludes halogenated alkanes) is 3. The summed E-state index contributed by atoms with van der Waals surface area (Å²) in [5.41, 5.74) is 4.02. The van der Waals surface area contributed by atoms with Crippen molar-refractivity contribution in [2.24, 2.45) is 10.9 Å². The van der Waals surface area contributed by atoms with Gasteiger partial charge in [-0.3, -0.25) is 19.1 Å². The lowest BCUT2D eigenvalue weighted by atomic mass is 9.97. The average molecular weight is 610 g/mol. The number of aryl methyl sites for hydroxylation is 2. The van der Waals surface area contributed by atoms with Crippen LogP contribution in [0.25, 0.3) is 5.00 Å². The third-order valence-corrected chi connectivity index (χ3v) is 9.62. The topological polar surface area (TPSA) is 113 Å². The summed E-state index contributed by atoms with van der Waals surface area (Å²) in [6.07, 6.45) is 5.89. The minimum atomic E-state index is -0.472. The summed E-state index contributed by atoms with van der Waals surface area (Å²) in [6.45, 7) is 9.35. The Morgan fingerprint density at radius 3 is 2.40 bits per heavy atom. The van der Waals surface area contributed by atoms with Gasteiger partial charge in [0.15, 0.2) is 5.82 Å². The van der Waals surface area contributed by atoms with E-state index in [-0.39, 0.29) is 24.2 Å². The molecule has 5 rings (SSSR count). The zero-order chi connectivity index (χ0) is 29.6. The molecule has 224 valence electrons. The molecule has 1 unspecified atom stereocenters. The Balaban J connectivity index is 1.18. The van der Waals surface area contributed by atoms with Crippen molar-refractivity contribution in [1.82, 2.24) is 30.7 Å². The van der Waals surface area contributed by atoms with E-state index in [1.807, 2.05) is 31.2 Å². The number of aromatic nitrogens is 3. The SMILES string of the molecule is Cc1sc2c(c1C)C(c1ccc(Cl)cc1)=NC(CC(=O)NCCCCCCNC(=O)C1CCNCC1)c1nnc(C)n1-2. The number of piperidine rings is 1. The van der Waals surface area contributed by atoms with Gasteiger partial charge in [-0.05, 0) is 77.2 Å². The summed E-state index contributed by atoms with van der Waals surface area (Å²) in [5.74, 6) is 1.74. The molecule has 0 saturated carbocycles. The van der Waals surface area contributed by atoms with Gasteiger partial charge < -0.3 is 16.0 Å². The average Bonchev–Trinajstić information content (AvgIpc) is 3.47. The van der Waals surface area contributed by atoms with Gasteiger partial charge in [0.2, 0.25) is 11.8 Å². The molecule has 9 nitrogen and oxygen atoms in total. The minimum Gasteiger partial charge on any atom is -0.356 e. The van der Waals surface area contributed by atoms with Crippen molar-refractivity contribution >= 4 is 40.5 Å². The molecule has 2 aliphatic rings. The number of amides is 2. The van der Waals surface area contributed by atoms with Gasteiger partial charge in [0, 0.05) is 40.0 Å². The van der Waals surface area contributed by atoms with Crippen LogP contribution >= 0.6 is 22.9 Å². The van der Waals surface area contributed by atoms with E-state index >= 15 is 0 Å². The van der Waals surface area contributed by atoms with Crippen molar-refractivity contribution in [3.05, 3.63) is 62.5 Å². The molecule has 0 bridgehead atoms. The molecule has 0 aliphatic carbocycles. The van der Waals surface area contributed by atoms with E-state index in [4.69, 9.17) is 16.6 Å². The molecule has 11 heteroatoms. The molecule has 2 aromatic heterocycles. The van der Waals surface area contributed by atoms with Gasteiger partial charge in [-0.15, -0.1) is 21.5 Å². The van der Waals surface area contributed by atoms with Gasteiger partial charge in [0.05, 0.1) is 12.1 Å². The summed E-state index contributed by atoms with van der Waals surface area (Å²) >= 11 is 7.90. The molecule has 0 spiro atoms. The summed E-state index contributed by atoms with van der Waals surface area (Å²) in [5, 5.41) is 20.0. The highest BCUT2D eigenvalue weighted by molar-refractivity contribution is 7.15. The number of rotatable bonds is 11. The molecule has 1 aromatic carbocycles. The normalized spacial score (nSPS) is 16.8. The number of benzene rings is 1. The fourth-order valence-corrected chi connectivity index (χ4v) is 6.99. The van der Waals surface area contributed by atoms with Crippen LogP contribution in [0.15, 0.2) is 29.3 Å². The Kier molecular flexibility index (Phi) is 10.1. The van der Waals surface area contributed by atoms with Crippen molar-refractivity contribution < 1.29 is 9.59 Å². The molecular weight excluding hydrogens is 570 g/mol. The van der Waals surface area contributed by atoms with Gasteiger partial charge in [-0.2, -0.15) is 0 Å². The van der Waals surface area contributed by atoms with Crippen LogP contribution in [0.5, 0.6) is 0 Å². The van der Waals surface area contributed by atoms with E-state index in [1.165, 1.54) is 10.4 Å². The predicted octanol–water partition coefficient (Wildman–Crippen LogP) is 4.98. The predicted molar refractivity (Wildman–Crippen MR) is 168 cm³/mol. The maximum Gasteiger partial charge on any atom is 0.223 e. The maximum absolute atomic E-state index is 13.1. The van der Waals surface area contributed by atoms with Crippen LogP contribution in [-0.4, -0.2) is 58.5 Å². The third kappa shape index (κ3) is 6.93. The lowest BCUT2D eigenvalue weighted by molar-refractivity contribution is -0.125. The molecule has 1 saturated heterocycles. The Morgan fingerprint density at radius 2 is 1.69 bits per heavy atom. The summed E-state index contributed by atoms with van der Waals surface area (Å²) < 4.78 is 2.06. The van der Waals surface area contributed by atoms with Gasteiger partial charge in [-0.25, -0.2) is 0 Å². The van der Waals surface area contributed by atoms with Crippen molar-refractivity contribution in [2.75, 3.05) is 26.2 Å². The smallest absolute Gasteiger partial charge is 0.223 e. The van der Waals surface area contributed by atoms with Crippen molar-refractivity contribution in [3.8, 4) is 5.00 Å². The van der Waals surface area contributed by atoms with Crippen LogP contribution in [0.1, 0.15) is 84.2 Å². The van der Waals surface area contributed by atoms with E-state index < -0.39 is 6.04 Å². The first-order valence-electron chi connectivity index (χ1n) is 14.9. The van der Waals surface area contributed by atoms with Crippen LogP contribution in [0.2, 0.25) is 5.02 Å². The first-order chi connectivity index (χ1) is 20.3. The third-order valence-electron chi connectivity index (χ3n) is 8.17. The first kappa shape index (κ1) is 30.4.